The molecule has 4 nitrogen and oxygen atoms in total. The van der Waals surface area contributed by atoms with Gasteiger partial charge in [-0.15, -0.1) is 10.2 Å². The number of methoxy groups -OCH3 is 1. The van der Waals surface area contributed by atoms with E-state index in [9.17, 15) is 0 Å². The molecule has 1 atom stereocenters. The lowest BCUT2D eigenvalue weighted by molar-refractivity contribution is 0.218. The highest BCUT2D eigenvalue weighted by Crippen LogP contribution is 2.36. The van der Waals surface area contributed by atoms with Crippen LogP contribution in [-0.4, -0.2) is 17.3 Å². The van der Waals surface area contributed by atoms with Gasteiger partial charge in [-0.3, -0.25) is 0 Å². The number of hydrogen-bond acceptors (Lipinski definition) is 4. The number of hydrogen-bond donors (Lipinski definition) is 0. The third-order valence-electron chi connectivity index (χ3n) is 5.56. The molecular weight excluding hydrogens is 384 g/mol. The monoisotopic (exact) mass is 406 g/mol. The van der Waals surface area contributed by atoms with Crippen molar-refractivity contribution in [3.63, 3.8) is 0 Å². The van der Waals surface area contributed by atoms with Crippen molar-refractivity contribution in [1.29, 1.82) is 0 Å². The number of nitrogens with zero attached hydrogens (tertiary/aromatic N) is 2. The lowest BCUT2D eigenvalue weighted by Gasteiger charge is -2.16. The average Bonchev–Trinajstić information content (AvgIpc) is 2.84. The Morgan fingerprint density at radius 3 is 2.29 bits per heavy atom. The summed E-state index contributed by atoms with van der Waals surface area (Å²) in [6, 6.07) is 30.5. The fourth-order valence-corrected chi connectivity index (χ4v) is 3.91. The molecule has 5 aromatic rings. The highest BCUT2D eigenvalue weighted by Gasteiger charge is 2.16. The van der Waals surface area contributed by atoms with E-state index in [0.29, 0.717) is 5.88 Å². The summed E-state index contributed by atoms with van der Waals surface area (Å²) in [7, 11) is 1.68. The van der Waals surface area contributed by atoms with Gasteiger partial charge in [0.1, 0.15) is 17.5 Å². The van der Waals surface area contributed by atoms with Crippen LogP contribution in [0.1, 0.15) is 18.6 Å². The van der Waals surface area contributed by atoms with Crippen LogP contribution in [0.4, 0.5) is 0 Å². The van der Waals surface area contributed by atoms with Gasteiger partial charge >= 0.3 is 0 Å². The fraction of sp³-hybridized carbons (Fsp3) is 0.111. The Morgan fingerprint density at radius 2 is 1.48 bits per heavy atom. The van der Waals surface area contributed by atoms with E-state index in [0.717, 1.165) is 44.1 Å². The minimum atomic E-state index is -0.133. The molecule has 0 aliphatic rings. The van der Waals surface area contributed by atoms with Crippen molar-refractivity contribution in [2.24, 2.45) is 0 Å². The van der Waals surface area contributed by atoms with Gasteiger partial charge in [0.25, 0.3) is 0 Å². The Hall–Kier alpha value is -3.92. The summed E-state index contributed by atoms with van der Waals surface area (Å²) >= 11 is 0. The van der Waals surface area contributed by atoms with Crippen molar-refractivity contribution in [2.45, 2.75) is 13.0 Å². The van der Waals surface area contributed by atoms with Gasteiger partial charge in [-0.25, -0.2) is 0 Å². The molecule has 4 aromatic carbocycles. The summed E-state index contributed by atoms with van der Waals surface area (Å²) in [4.78, 5) is 0. The third-order valence-corrected chi connectivity index (χ3v) is 5.56. The Morgan fingerprint density at radius 1 is 0.710 bits per heavy atom. The Balaban J connectivity index is 1.64. The first-order valence-corrected chi connectivity index (χ1v) is 10.3. The first-order valence-electron chi connectivity index (χ1n) is 10.3. The average molecular weight is 406 g/mol. The fourth-order valence-electron chi connectivity index (χ4n) is 3.91. The van der Waals surface area contributed by atoms with Crippen LogP contribution >= 0.6 is 0 Å². The van der Waals surface area contributed by atoms with Crippen molar-refractivity contribution in [3.8, 4) is 22.9 Å². The first kappa shape index (κ1) is 19.1. The summed E-state index contributed by atoms with van der Waals surface area (Å²) in [5.74, 6) is 1.35. The van der Waals surface area contributed by atoms with E-state index in [2.05, 4.69) is 46.6 Å². The van der Waals surface area contributed by atoms with E-state index < -0.39 is 0 Å². The van der Waals surface area contributed by atoms with Crippen molar-refractivity contribution in [2.75, 3.05) is 7.11 Å². The van der Waals surface area contributed by atoms with Gasteiger partial charge in [0, 0.05) is 16.3 Å². The predicted octanol–water partition coefficient (Wildman–Crippen LogP) is 6.60. The second-order valence-corrected chi connectivity index (χ2v) is 7.46. The quantitative estimate of drug-likeness (QED) is 0.330. The van der Waals surface area contributed by atoms with Crippen LogP contribution in [0.5, 0.6) is 11.6 Å². The van der Waals surface area contributed by atoms with Gasteiger partial charge < -0.3 is 9.47 Å². The number of aromatic nitrogens is 2. The number of rotatable bonds is 5. The van der Waals surface area contributed by atoms with Gasteiger partial charge in [-0.2, -0.15) is 0 Å². The number of ether oxygens (including phenoxy) is 2. The molecule has 0 saturated heterocycles. The number of benzene rings is 4. The summed E-state index contributed by atoms with van der Waals surface area (Å²) in [5.41, 5.74) is 2.94. The van der Waals surface area contributed by atoms with Crippen LogP contribution in [-0.2, 0) is 0 Å². The second-order valence-electron chi connectivity index (χ2n) is 7.46. The highest BCUT2D eigenvalue weighted by molar-refractivity contribution is 6.05. The first-order chi connectivity index (χ1) is 15.2. The van der Waals surface area contributed by atoms with E-state index in [1.807, 2.05) is 61.5 Å². The maximum Gasteiger partial charge on any atom is 0.242 e. The zero-order valence-electron chi connectivity index (χ0n) is 17.4. The Kier molecular flexibility index (Phi) is 4.97. The summed E-state index contributed by atoms with van der Waals surface area (Å²) in [6.07, 6.45) is -0.133. The third kappa shape index (κ3) is 3.57. The van der Waals surface area contributed by atoms with Gasteiger partial charge in [0.15, 0.2) is 0 Å². The van der Waals surface area contributed by atoms with E-state index >= 15 is 0 Å². The normalized spacial score (nSPS) is 12.1. The summed E-state index contributed by atoms with van der Waals surface area (Å²) in [6.45, 7) is 2.02. The zero-order valence-corrected chi connectivity index (χ0v) is 17.4. The van der Waals surface area contributed by atoms with Crippen LogP contribution in [0.15, 0.2) is 91.0 Å². The molecule has 1 aromatic heterocycles. The molecule has 0 radical (unpaired) electrons. The van der Waals surface area contributed by atoms with Gasteiger partial charge in [0.05, 0.1) is 7.11 Å². The molecule has 0 fully saturated rings. The molecule has 0 unspecified atom stereocenters. The molecule has 0 spiro atoms. The van der Waals surface area contributed by atoms with Crippen LogP contribution < -0.4 is 9.47 Å². The SMILES string of the molecule is COc1ccc2cccc(-c3nnc(O[C@H](C)c4ccccc4)c4ccccc34)c2c1. The summed E-state index contributed by atoms with van der Waals surface area (Å²) in [5, 5.41) is 13.3. The van der Waals surface area contributed by atoms with Crippen LogP contribution in [0.25, 0.3) is 32.8 Å². The molecular formula is C27H22N2O2. The molecule has 31 heavy (non-hydrogen) atoms. The predicted molar refractivity (Wildman–Crippen MR) is 125 cm³/mol. The van der Waals surface area contributed by atoms with E-state index in [1.165, 1.54) is 0 Å². The highest BCUT2D eigenvalue weighted by atomic mass is 16.5. The van der Waals surface area contributed by atoms with Gasteiger partial charge in [-0.1, -0.05) is 72.8 Å². The summed E-state index contributed by atoms with van der Waals surface area (Å²) < 4.78 is 11.7. The lowest BCUT2D eigenvalue weighted by Crippen LogP contribution is -2.06. The molecule has 0 aliphatic carbocycles. The van der Waals surface area contributed by atoms with E-state index in [4.69, 9.17) is 9.47 Å². The lowest BCUT2D eigenvalue weighted by atomic mass is 9.98. The zero-order chi connectivity index (χ0) is 21.2. The molecule has 0 saturated carbocycles. The molecule has 0 bridgehead atoms. The molecule has 0 N–H and O–H groups in total. The maximum atomic E-state index is 6.23. The van der Waals surface area contributed by atoms with Crippen molar-refractivity contribution in [1.82, 2.24) is 10.2 Å². The molecule has 5 rings (SSSR count). The second kappa shape index (κ2) is 8.07. The minimum absolute atomic E-state index is 0.133. The van der Waals surface area contributed by atoms with Crippen molar-refractivity contribution in [3.05, 3.63) is 96.6 Å². The van der Waals surface area contributed by atoms with Gasteiger partial charge in [0.2, 0.25) is 5.88 Å². The van der Waals surface area contributed by atoms with E-state index in [1.54, 1.807) is 7.11 Å². The number of fused-ring (bicyclic) bond motifs is 2. The van der Waals surface area contributed by atoms with Crippen LogP contribution in [0.3, 0.4) is 0 Å². The standard InChI is InChI=1S/C27H22N2O2/c1-18(19-9-4-3-5-10-19)31-27-24-13-7-6-12-22(24)26(28-29-27)23-14-8-11-20-15-16-21(30-2)17-25(20)23/h3-18H,1-2H3/t18-/m1/s1. The maximum absolute atomic E-state index is 6.23. The van der Waals surface area contributed by atoms with Crippen LogP contribution in [0, 0.1) is 0 Å². The molecule has 0 aliphatic heterocycles. The molecule has 1 heterocycles. The van der Waals surface area contributed by atoms with Gasteiger partial charge in [-0.05, 0) is 41.5 Å². The van der Waals surface area contributed by atoms with Crippen molar-refractivity contribution < 1.29 is 9.47 Å². The molecule has 4 heteroatoms. The largest absolute Gasteiger partial charge is 0.497 e. The van der Waals surface area contributed by atoms with Crippen LogP contribution in [0.2, 0.25) is 0 Å². The minimum Gasteiger partial charge on any atom is -0.497 e. The topological polar surface area (TPSA) is 44.2 Å². The smallest absolute Gasteiger partial charge is 0.242 e. The van der Waals surface area contributed by atoms with E-state index in [-0.39, 0.29) is 6.10 Å². The Labute approximate surface area is 181 Å². The Bertz CT molecular complexity index is 1370. The molecule has 152 valence electrons. The van der Waals surface area contributed by atoms with Crippen molar-refractivity contribution >= 4 is 21.5 Å². The molecule has 0 amide bonds.